The number of carbonyl (C=O) groups is 1. The number of nitrogens with one attached hydrogen (secondary N) is 2. The van der Waals surface area contributed by atoms with Crippen molar-refractivity contribution in [2.75, 3.05) is 17.7 Å². The number of nitrogens with two attached hydrogens (primary N) is 1. The topological polar surface area (TPSA) is 145 Å². The number of nitrogen functional groups attached to an aromatic ring is 1. The first-order valence-corrected chi connectivity index (χ1v) is 9.79. The van der Waals surface area contributed by atoms with Crippen LogP contribution in [0.1, 0.15) is 16.7 Å². The van der Waals surface area contributed by atoms with E-state index in [0.29, 0.717) is 10.2 Å². The number of nitrogens with zero attached hydrogens (tertiary/aromatic N) is 2. The Kier molecular flexibility index (Phi) is 6.39. The van der Waals surface area contributed by atoms with Gasteiger partial charge in [0, 0.05) is 21.3 Å². The molecule has 0 radical (unpaired) electrons. The fourth-order valence-corrected chi connectivity index (χ4v) is 3.34. The molecule has 3 rings (SSSR count). The molecule has 1 amide bonds. The third-order valence-electron chi connectivity index (χ3n) is 4.46. The lowest BCUT2D eigenvalue weighted by atomic mass is 9.96. The number of pyridine rings is 1. The van der Waals surface area contributed by atoms with Gasteiger partial charge in [0.25, 0.3) is 11.5 Å². The summed E-state index contributed by atoms with van der Waals surface area (Å²) in [6.45, 7) is 1.54. The van der Waals surface area contributed by atoms with Gasteiger partial charge in [-0.25, -0.2) is 0 Å². The number of amides is 1. The van der Waals surface area contributed by atoms with Crippen LogP contribution in [-0.4, -0.2) is 17.5 Å². The molecule has 0 fully saturated rings. The van der Waals surface area contributed by atoms with E-state index < -0.39 is 11.5 Å². The molecule has 1 heterocycles. The fourth-order valence-electron chi connectivity index (χ4n) is 2.98. The lowest BCUT2D eigenvalue weighted by molar-refractivity contribution is -0.118. The molecule has 0 unspecified atom stereocenters. The van der Waals surface area contributed by atoms with Gasteiger partial charge >= 0.3 is 0 Å². The van der Waals surface area contributed by atoms with Crippen molar-refractivity contribution in [2.24, 2.45) is 0 Å². The van der Waals surface area contributed by atoms with Crippen molar-refractivity contribution >= 4 is 33.3 Å². The Morgan fingerprint density at radius 2 is 1.90 bits per heavy atom. The van der Waals surface area contributed by atoms with E-state index in [1.807, 2.05) is 31.2 Å². The van der Waals surface area contributed by atoms with E-state index >= 15 is 0 Å². The maximum atomic E-state index is 12.4. The number of ether oxygens (including phenoxy) is 1. The molecule has 0 saturated heterocycles. The Morgan fingerprint density at radius 1 is 1.19 bits per heavy atom. The number of para-hydroxylation sites is 1. The van der Waals surface area contributed by atoms with Crippen molar-refractivity contribution in [2.45, 2.75) is 6.92 Å². The second-order valence-corrected chi connectivity index (χ2v) is 7.42. The molecule has 0 aliphatic carbocycles. The van der Waals surface area contributed by atoms with Gasteiger partial charge in [0.15, 0.2) is 6.61 Å². The van der Waals surface area contributed by atoms with Crippen molar-refractivity contribution in [3.05, 3.63) is 74.0 Å². The average Bonchev–Trinajstić information content (AvgIpc) is 2.74. The van der Waals surface area contributed by atoms with E-state index in [1.54, 1.807) is 30.3 Å². The smallest absolute Gasteiger partial charge is 0.268 e. The first-order valence-electron chi connectivity index (χ1n) is 8.99. The number of halogens is 1. The van der Waals surface area contributed by atoms with Gasteiger partial charge in [-0.1, -0.05) is 34.1 Å². The Morgan fingerprint density at radius 3 is 2.58 bits per heavy atom. The number of rotatable bonds is 5. The van der Waals surface area contributed by atoms with E-state index in [0.717, 1.165) is 5.56 Å². The van der Waals surface area contributed by atoms with Crippen LogP contribution in [0.5, 0.6) is 5.75 Å². The molecular weight excluding hydrogens is 462 g/mol. The summed E-state index contributed by atoms with van der Waals surface area (Å²) >= 11 is 3.34. The summed E-state index contributed by atoms with van der Waals surface area (Å²) in [7, 11) is 0. The maximum absolute atomic E-state index is 12.4. The molecule has 8 nitrogen and oxygen atoms in total. The van der Waals surface area contributed by atoms with Crippen LogP contribution in [0, 0.1) is 29.6 Å². The number of H-pyrrole nitrogens is 1. The molecule has 0 aliphatic heterocycles. The number of benzene rings is 2. The van der Waals surface area contributed by atoms with E-state index in [2.05, 4.69) is 26.2 Å². The van der Waals surface area contributed by atoms with Gasteiger partial charge < -0.3 is 20.8 Å². The number of aryl methyl sites for hydroxylation is 1. The summed E-state index contributed by atoms with van der Waals surface area (Å²) in [5, 5.41) is 21.8. The Bertz CT molecular complexity index is 1320. The maximum Gasteiger partial charge on any atom is 0.268 e. The zero-order chi connectivity index (χ0) is 22.5. The minimum absolute atomic E-state index is 0.0434. The van der Waals surface area contributed by atoms with Crippen molar-refractivity contribution in [1.82, 2.24) is 4.98 Å². The number of nitriles is 2. The van der Waals surface area contributed by atoms with Crippen molar-refractivity contribution in [3.8, 4) is 29.0 Å². The van der Waals surface area contributed by atoms with Gasteiger partial charge in [0.1, 0.15) is 34.8 Å². The highest BCUT2D eigenvalue weighted by molar-refractivity contribution is 9.10. The monoisotopic (exact) mass is 477 g/mol. The number of carbonyl (C=O) groups excluding carboxylic acids is 1. The summed E-state index contributed by atoms with van der Waals surface area (Å²) in [6, 6.07) is 15.9. The number of anilines is 2. The highest BCUT2D eigenvalue weighted by atomic mass is 79.9. The van der Waals surface area contributed by atoms with E-state index in [1.165, 1.54) is 0 Å². The zero-order valence-corrected chi connectivity index (χ0v) is 17.9. The molecule has 4 N–H and O–H groups in total. The predicted octanol–water partition coefficient (Wildman–Crippen LogP) is 3.46. The molecule has 3 aromatic rings. The first kappa shape index (κ1) is 21.6. The van der Waals surface area contributed by atoms with Crippen molar-refractivity contribution in [1.29, 1.82) is 10.5 Å². The molecule has 2 aromatic carbocycles. The molecule has 0 saturated carbocycles. The molecule has 31 heavy (non-hydrogen) atoms. The summed E-state index contributed by atoms with van der Waals surface area (Å²) in [5.41, 5.74) is 6.61. The van der Waals surface area contributed by atoms with Gasteiger partial charge in [-0.15, -0.1) is 0 Å². The Labute approximate surface area is 186 Å². The minimum atomic E-state index is -0.725. The van der Waals surface area contributed by atoms with Crippen LogP contribution >= 0.6 is 15.9 Å². The molecule has 154 valence electrons. The second kappa shape index (κ2) is 9.16. The van der Waals surface area contributed by atoms with E-state index in [4.69, 9.17) is 10.5 Å². The van der Waals surface area contributed by atoms with Gasteiger partial charge in [-0.2, -0.15) is 10.5 Å². The van der Waals surface area contributed by atoms with Crippen LogP contribution < -0.4 is 21.3 Å². The summed E-state index contributed by atoms with van der Waals surface area (Å²) in [5.74, 6) is -0.347. The van der Waals surface area contributed by atoms with Gasteiger partial charge in [-0.05, 0) is 36.8 Å². The van der Waals surface area contributed by atoms with Crippen molar-refractivity contribution < 1.29 is 9.53 Å². The molecule has 0 atom stereocenters. The summed E-state index contributed by atoms with van der Waals surface area (Å²) in [6.07, 6.45) is 0. The van der Waals surface area contributed by atoms with Crippen LogP contribution in [0.2, 0.25) is 0 Å². The standard InChI is InChI=1S/C22H16BrN5O3/c1-12-4-2-3-5-17(12)27-19(29)11-31-18-7-6-13(23)8-14(18)20-15(9-24)21(26)28-22(30)16(20)10-25/h2-8H,11H2,1H3,(H,27,29)(H3,26,28,30). The summed E-state index contributed by atoms with van der Waals surface area (Å²) < 4.78 is 6.31. The Balaban J connectivity index is 1.99. The van der Waals surface area contributed by atoms with Crippen LogP contribution in [0.4, 0.5) is 11.5 Å². The fraction of sp³-hybridized carbons (Fsp3) is 0.0909. The van der Waals surface area contributed by atoms with Crippen molar-refractivity contribution in [3.63, 3.8) is 0 Å². The number of aromatic nitrogens is 1. The molecular formula is C22H16BrN5O3. The number of aromatic amines is 1. The molecule has 9 heteroatoms. The largest absolute Gasteiger partial charge is 0.483 e. The van der Waals surface area contributed by atoms with E-state index in [9.17, 15) is 20.1 Å². The zero-order valence-electron chi connectivity index (χ0n) is 16.3. The van der Waals surface area contributed by atoms with Gasteiger partial charge in [0.2, 0.25) is 0 Å². The predicted molar refractivity (Wildman–Crippen MR) is 119 cm³/mol. The first-order chi connectivity index (χ1) is 14.8. The third kappa shape index (κ3) is 4.58. The molecule has 0 spiro atoms. The number of hydrogen-bond donors (Lipinski definition) is 3. The summed E-state index contributed by atoms with van der Waals surface area (Å²) in [4.78, 5) is 26.9. The SMILES string of the molecule is Cc1ccccc1NC(=O)COc1ccc(Br)cc1-c1c(C#N)c(N)[nH]c(=O)c1C#N. The van der Waals surface area contributed by atoms with E-state index in [-0.39, 0.29) is 40.4 Å². The quantitative estimate of drug-likeness (QED) is 0.512. The molecule has 0 bridgehead atoms. The van der Waals surface area contributed by atoms with Crippen LogP contribution in [0.15, 0.2) is 51.7 Å². The molecule has 1 aromatic heterocycles. The van der Waals surface area contributed by atoms with Crippen LogP contribution in [0.25, 0.3) is 11.1 Å². The second-order valence-electron chi connectivity index (χ2n) is 6.51. The number of hydrogen-bond acceptors (Lipinski definition) is 6. The van der Waals surface area contributed by atoms with Crippen LogP contribution in [-0.2, 0) is 4.79 Å². The van der Waals surface area contributed by atoms with Gasteiger partial charge in [0.05, 0.1) is 0 Å². The highest BCUT2D eigenvalue weighted by Gasteiger charge is 2.22. The average molecular weight is 478 g/mol. The lowest BCUT2D eigenvalue weighted by Crippen LogP contribution is -2.21. The Hall–Kier alpha value is -4.08. The van der Waals surface area contributed by atoms with Crippen LogP contribution in [0.3, 0.4) is 0 Å². The lowest BCUT2D eigenvalue weighted by Gasteiger charge is -2.15. The van der Waals surface area contributed by atoms with Gasteiger partial charge in [-0.3, -0.25) is 9.59 Å². The highest BCUT2D eigenvalue weighted by Crippen LogP contribution is 2.37. The molecule has 0 aliphatic rings. The third-order valence-corrected chi connectivity index (χ3v) is 4.95. The normalized spacial score (nSPS) is 10.1. The minimum Gasteiger partial charge on any atom is -0.483 e.